The quantitative estimate of drug-likeness (QED) is 0.411. The minimum atomic E-state index is -3.56. The van der Waals surface area contributed by atoms with Crippen LogP contribution in [0.3, 0.4) is 0 Å². The Morgan fingerprint density at radius 2 is 1.49 bits per heavy atom. The van der Waals surface area contributed by atoms with Gasteiger partial charge in [0.25, 0.3) is 0 Å². The van der Waals surface area contributed by atoms with Crippen molar-refractivity contribution < 1.29 is 17.6 Å². The van der Waals surface area contributed by atoms with E-state index in [9.17, 15) is 17.6 Å². The first-order chi connectivity index (χ1) is 16.9. The summed E-state index contributed by atoms with van der Waals surface area (Å²) in [5.74, 6) is -0.291. The van der Waals surface area contributed by atoms with Gasteiger partial charge in [0.2, 0.25) is 15.9 Å². The van der Waals surface area contributed by atoms with Crippen molar-refractivity contribution in [3.8, 4) is 0 Å². The molecule has 0 spiro atoms. The molecule has 0 radical (unpaired) electrons. The molecule has 0 atom stereocenters. The zero-order valence-electron chi connectivity index (χ0n) is 19.2. The SMILES string of the molecule is O=C(Cc1cn(Cc2ccc(F)cc2)c2ccccc12)N1CCN(S(=O)(=O)c2ccccc2)CC1. The number of nitrogens with zero attached hydrogens (tertiary/aromatic N) is 3. The monoisotopic (exact) mass is 491 g/mol. The zero-order chi connectivity index (χ0) is 24.4. The minimum Gasteiger partial charge on any atom is -0.343 e. The second-order valence-electron chi connectivity index (χ2n) is 8.70. The van der Waals surface area contributed by atoms with Crippen LogP contribution in [0.5, 0.6) is 0 Å². The summed E-state index contributed by atoms with van der Waals surface area (Å²) in [5.41, 5.74) is 2.91. The summed E-state index contributed by atoms with van der Waals surface area (Å²) in [4.78, 5) is 15.2. The van der Waals surface area contributed by atoms with Crippen molar-refractivity contribution in [2.75, 3.05) is 26.2 Å². The second-order valence-corrected chi connectivity index (χ2v) is 10.6. The highest BCUT2D eigenvalue weighted by Gasteiger charge is 2.30. The van der Waals surface area contributed by atoms with Crippen LogP contribution in [0.15, 0.2) is 90.0 Å². The van der Waals surface area contributed by atoms with Gasteiger partial charge in [0.15, 0.2) is 0 Å². The molecule has 1 aliphatic rings. The van der Waals surface area contributed by atoms with E-state index in [2.05, 4.69) is 4.57 Å². The van der Waals surface area contributed by atoms with Crippen LogP contribution in [0.4, 0.5) is 4.39 Å². The molecule has 1 fully saturated rings. The van der Waals surface area contributed by atoms with Gasteiger partial charge in [0.1, 0.15) is 5.82 Å². The lowest BCUT2D eigenvalue weighted by molar-refractivity contribution is -0.131. The van der Waals surface area contributed by atoms with E-state index < -0.39 is 10.0 Å². The van der Waals surface area contributed by atoms with Crippen molar-refractivity contribution in [2.45, 2.75) is 17.9 Å². The Bertz CT molecular complexity index is 1440. The largest absolute Gasteiger partial charge is 0.343 e. The number of fused-ring (bicyclic) bond motifs is 1. The fourth-order valence-electron chi connectivity index (χ4n) is 4.58. The molecule has 0 unspecified atom stereocenters. The summed E-state index contributed by atoms with van der Waals surface area (Å²) in [6.07, 6.45) is 2.23. The summed E-state index contributed by atoms with van der Waals surface area (Å²) in [6.45, 7) is 1.84. The molecule has 35 heavy (non-hydrogen) atoms. The van der Waals surface area contributed by atoms with Crippen LogP contribution in [0.25, 0.3) is 10.9 Å². The van der Waals surface area contributed by atoms with Gasteiger partial charge in [0, 0.05) is 49.8 Å². The molecule has 0 bridgehead atoms. The molecule has 1 amide bonds. The molecule has 8 heteroatoms. The molecule has 1 saturated heterocycles. The van der Waals surface area contributed by atoms with Crippen LogP contribution in [0.1, 0.15) is 11.1 Å². The molecule has 1 aromatic heterocycles. The average Bonchev–Trinajstić information content (AvgIpc) is 3.23. The second kappa shape index (κ2) is 9.64. The van der Waals surface area contributed by atoms with Gasteiger partial charge < -0.3 is 9.47 Å². The normalized spacial score (nSPS) is 14.9. The molecule has 4 aromatic rings. The summed E-state index contributed by atoms with van der Waals surface area (Å²) in [7, 11) is -3.56. The number of halogens is 1. The lowest BCUT2D eigenvalue weighted by Crippen LogP contribution is -2.50. The number of hydrogen-bond donors (Lipinski definition) is 0. The van der Waals surface area contributed by atoms with E-state index in [1.807, 2.05) is 30.5 Å². The summed E-state index contributed by atoms with van der Waals surface area (Å²) < 4.78 is 42.6. The molecule has 1 aliphatic heterocycles. The lowest BCUT2D eigenvalue weighted by atomic mass is 10.1. The highest BCUT2D eigenvalue weighted by atomic mass is 32.2. The van der Waals surface area contributed by atoms with Crippen LogP contribution in [0.2, 0.25) is 0 Å². The summed E-state index contributed by atoms with van der Waals surface area (Å²) in [6, 6.07) is 22.7. The maximum absolute atomic E-state index is 13.3. The maximum Gasteiger partial charge on any atom is 0.243 e. The molecule has 3 aromatic carbocycles. The van der Waals surface area contributed by atoms with Crippen LogP contribution in [0, 0.1) is 5.82 Å². The van der Waals surface area contributed by atoms with Crippen molar-refractivity contribution in [1.29, 1.82) is 0 Å². The number of piperazine rings is 1. The molecule has 5 rings (SSSR count). The first kappa shape index (κ1) is 23.3. The van der Waals surface area contributed by atoms with Gasteiger partial charge in [0.05, 0.1) is 11.3 Å². The maximum atomic E-state index is 13.3. The molecular formula is C27H26FN3O3S. The Morgan fingerprint density at radius 1 is 0.829 bits per heavy atom. The van der Waals surface area contributed by atoms with Crippen LogP contribution >= 0.6 is 0 Å². The predicted molar refractivity (Wildman–Crippen MR) is 133 cm³/mol. The van der Waals surface area contributed by atoms with Crippen molar-refractivity contribution >= 4 is 26.8 Å². The Hall–Kier alpha value is -3.49. The van der Waals surface area contributed by atoms with Gasteiger partial charge in [-0.2, -0.15) is 4.31 Å². The van der Waals surface area contributed by atoms with Crippen molar-refractivity contribution in [2.24, 2.45) is 0 Å². The van der Waals surface area contributed by atoms with Crippen molar-refractivity contribution in [3.63, 3.8) is 0 Å². The fraction of sp³-hybridized carbons (Fsp3) is 0.222. The predicted octanol–water partition coefficient (Wildman–Crippen LogP) is 3.90. The number of rotatable bonds is 6. The zero-order valence-corrected chi connectivity index (χ0v) is 20.0. The number of aromatic nitrogens is 1. The first-order valence-corrected chi connectivity index (χ1v) is 13.0. The van der Waals surface area contributed by atoms with Gasteiger partial charge in [-0.25, -0.2) is 12.8 Å². The Morgan fingerprint density at radius 3 is 2.20 bits per heavy atom. The lowest BCUT2D eigenvalue weighted by Gasteiger charge is -2.34. The highest BCUT2D eigenvalue weighted by molar-refractivity contribution is 7.89. The number of para-hydroxylation sites is 1. The minimum absolute atomic E-state index is 0.0218. The van der Waals surface area contributed by atoms with E-state index in [0.717, 1.165) is 22.0 Å². The number of carbonyl (C=O) groups is 1. The number of sulfonamides is 1. The standard InChI is InChI=1S/C27H26FN3O3S/c28-23-12-10-21(11-13-23)19-30-20-22(25-8-4-5-9-26(25)30)18-27(32)29-14-16-31(17-15-29)35(33,34)24-6-2-1-3-7-24/h1-13,20H,14-19H2. The van der Waals surface area contributed by atoms with Gasteiger partial charge in [-0.3, -0.25) is 4.79 Å². The van der Waals surface area contributed by atoms with Gasteiger partial charge in [-0.1, -0.05) is 48.5 Å². The van der Waals surface area contributed by atoms with E-state index in [1.54, 1.807) is 47.4 Å². The number of hydrogen-bond acceptors (Lipinski definition) is 3. The fourth-order valence-corrected chi connectivity index (χ4v) is 6.02. The Balaban J connectivity index is 1.29. The third kappa shape index (κ3) is 4.85. The molecule has 0 N–H and O–H groups in total. The number of benzene rings is 3. The van der Waals surface area contributed by atoms with E-state index in [-0.39, 0.29) is 36.1 Å². The molecule has 6 nitrogen and oxygen atoms in total. The van der Waals surface area contributed by atoms with Crippen LogP contribution in [-0.2, 0) is 27.8 Å². The summed E-state index contributed by atoms with van der Waals surface area (Å²) >= 11 is 0. The van der Waals surface area contributed by atoms with Gasteiger partial charge in [-0.05, 0) is 41.5 Å². The van der Waals surface area contributed by atoms with Crippen LogP contribution in [-0.4, -0.2) is 54.3 Å². The molecule has 180 valence electrons. The van der Waals surface area contributed by atoms with Gasteiger partial charge in [-0.15, -0.1) is 0 Å². The topological polar surface area (TPSA) is 62.6 Å². The van der Waals surface area contributed by atoms with Crippen molar-refractivity contribution in [3.05, 3.63) is 102 Å². The smallest absolute Gasteiger partial charge is 0.243 e. The number of amides is 1. The van der Waals surface area contributed by atoms with E-state index in [0.29, 0.717) is 19.6 Å². The number of carbonyl (C=O) groups excluding carboxylic acids is 1. The van der Waals surface area contributed by atoms with E-state index in [1.165, 1.54) is 16.4 Å². The average molecular weight is 492 g/mol. The Kier molecular flexibility index (Phi) is 6.40. The third-order valence-electron chi connectivity index (χ3n) is 6.45. The van der Waals surface area contributed by atoms with Crippen LogP contribution < -0.4 is 0 Å². The summed E-state index contributed by atoms with van der Waals surface area (Å²) in [5, 5.41) is 1.01. The third-order valence-corrected chi connectivity index (χ3v) is 8.36. The Labute approximate surface area is 204 Å². The first-order valence-electron chi connectivity index (χ1n) is 11.6. The van der Waals surface area contributed by atoms with E-state index in [4.69, 9.17) is 0 Å². The van der Waals surface area contributed by atoms with Crippen molar-refractivity contribution in [1.82, 2.24) is 13.8 Å². The molecular weight excluding hydrogens is 465 g/mol. The molecule has 2 heterocycles. The highest BCUT2D eigenvalue weighted by Crippen LogP contribution is 2.24. The van der Waals surface area contributed by atoms with E-state index >= 15 is 0 Å². The molecule has 0 saturated carbocycles. The molecule has 0 aliphatic carbocycles. The van der Waals surface area contributed by atoms with Gasteiger partial charge >= 0.3 is 0 Å².